The summed E-state index contributed by atoms with van der Waals surface area (Å²) in [6.45, 7) is 0. The van der Waals surface area contributed by atoms with Crippen LogP contribution in [0.15, 0.2) is 78.9 Å². The Morgan fingerprint density at radius 1 is 0.880 bits per heavy atom. The normalized spacial score (nSPS) is 10.1. The van der Waals surface area contributed by atoms with Gasteiger partial charge in [0, 0.05) is 5.69 Å². The third kappa shape index (κ3) is 3.72. The SMILES string of the molecule is COc1ccccc1NC(=O)N(c1ccccc1)c1ccc(N)cc1. The summed E-state index contributed by atoms with van der Waals surface area (Å²) in [7, 11) is 1.57. The lowest BCUT2D eigenvalue weighted by Crippen LogP contribution is -2.30. The maximum absolute atomic E-state index is 13.0. The fourth-order valence-electron chi connectivity index (χ4n) is 2.50. The van der Waals surface area contributed by atoms with E-state index >= 15 is 0 Å². The second kappa shape index (κ2) is 7.40. The first-order chi connectivity index (χ1) is 12.2. The van der Waals surface area contributed by atoms with E-state index in [0.717, 1.165) is 5.69 Å². The Bertz CT molecular complexity index is 848. The molecule has 0 heterocycles. The molecule has 3 aromatic rings. The molecular weight excluding hydrogens is 314 g/mol. The smallest absolute Gasteiger partial charge is 0.331 e. The van der Waals surface area contributed by atoms with Crippen molar-refractivity contribution >= 4 is 28.8 Å². The van der Waals surface area contributed by atoms with Gasteiger partial charge in [0.2, 0.25) is 0 Å². The molecule has 3 rings (SSSR count). The van der Waals surface area contributed by atoms with Crippen LogP contribution in [0.5, 0.6) is 5.75 Å². The summed E-state index contributed by atoms with van der Waals surface area (Å²) >= 11 is 0. The number of nitrogens with two attached hydrogens (primary N) is 1. The number of hydrogen-bond donors (Lipinski definition) is 2. The highest BCUT2D eigenvalue weighted by atomic mass is 16.5. The van der Waals surface area contributed by atoms with Crippen LogP contribution in [-0.4, -0.2) is 13.1 Å². The summed E-state index contributed by atoms with van der Waals surface area (Å²) < 4.78 is 5.30. The largest absolute Gasteiger partial charge is 0.495 e. The highest BCUT2D eigenvalue weighted by Gasteiger charge is 2.19. The zero-order valence-electron chi connectivity index (χ0n) is 13.8. The number of nitrogens with zero attached hydrogens (tertiary/aromatic N) is 1. The van der Waals surface area contributed by atoms with Crippen LogP contribution in [-0.2, 0) is 0 Å². The minimum atomic E-state index is -0.291. The third-order valence-corrected chi connectivity index (χ3v) is 3.72. The number of carbonyl (C=O) groups excluding carboxylic acids is 1. The molecule has 0 aromatic heterocycles. The fraction of sp³-hybridized carbons (Fsp3) is 0.0500. The van der Waals surface area contributed by atoms with E-state index in [2.05, 4.69) is 5.32 Å². The first kappa shape index (κ1) is 16.4. The van der Waals surface area contributed by atoms with Crippen molar-refractivity contribution in [1.82, 2.24) is 0 Å². The van der Waals surface area contributed by atoms with Crippen molar-refractivity contribution in [2.45, 2.75) is 0 Å². The first-order valence-electron chi connectivity index (χ1n) is 7.84. The molecule has 3 N–H and O–H groups in total. The van der Waals surface area contributed by atoms with Gasteiger partial charge in [0.1, 0.15) is 5.75 Å². The maximum Gasteiger partial charge on any atom is 0.331 e. The summed E-state index contributed by atoms with van der Waals surface area (Å²) in [6, 6.07) is 23.6. The van der Waals surface area contributed by atoms with Crippen molar-refractivity contribution in [1.29, 1.82) is 0 Å². The van der Waals surface area contributed by atoms with Gasteiger partial charge in [-0.2, -0.15) is 0 Å². The summed E-state index contributed by atoms with van der Waals surface area (Å²) in [4.78, 5) is 14.6. The van der Waals surface area contributed by atoms with E-state index < -0.39 is 0 Å². The lowest BCUT2D eigenvalue weighted by molar-refractivity contribution is 0.259. The Kier molecular flexibility index (Phi) is 4.85. The first-order valence-corrected chi connectivity index (χ1v) is 7.84. The fourth-order valence-corrected chi connectivity index (χ4v) is 2.50. The molecule has 126 valence electrons. The monoisotopic (exact) mass is 333 g/mol. The zero-order valence-corrected chi connectivity index (χ0v) is 13.8. The number of ether oxygens (including phenoxy) is 1. The zero-order chi connectivity index (χ0) is 17.6. The lowest BCUT2D eigenvalue weighted by atomic mass is 10.2. The molecule has 5 nitrogen and oxygen atoms in total. The van der Waals surface area contributed by atoms with Crippen LogP contribution in [0.3, 0.4) is 0 Å². The van der Waals surface area contributed by atoms with Gasteiger partial charge in [0.05, 0.1) is 24.2 Å². The number of nitrogens with one attached hydrogen (secondary N) is 1. The average Bonchev–Trinajstić information content (AvgIpc) is 2.65. The number of para-hydroxylation sites is 3. The van der Waals surface area contributed by atoms with E-state index in [1.807, 2.05) is 54.6 Å². The van der Waals surface area contributed by atoms with Crippen LogP contribution in [0.1, 0.15) is 0 Å². The van der Waals surface area contributed by atoms with Crippen molar-refractivity contribution < 1.29 is 9.53 Å². The number of carbonyl (C=O) groups is 1. The van der Waals surface area contributed by atoms with E-state index in [4.69, 9.17) is 10.5 Å². The van der Waals surface area contributed by atoms with Gasteiger partial charge >= 0.3 is 6.03 Å². The molecule has 2 amide bonds. The van der Waals surface area contributed by atoms with Crippen LogP contribution in [0, 0.1) is 0 Å². The summed E-state index contributed by atoms with van der Waals surface area (Å²) in [5.74, 6) is 0.598. The van der Waals surface area contributed by atoms with Gasteiger partial charge in [0.15, 0.2) is 0 Å². The minimum absolute atomic E-state index is 0.291. The maximum atomic E-state index is 13.0. The molecule has 0 unspecified atom stereocenters. The Balaban J connectivity index is 1.96. The summed E-state index contributed by atoms with van der Waals surface area (Å²) in [5, 5.41) is 2.90. The molecule has 0 aliphatic heterocycles. The van der Waals surface area contributed by atoms with Crippen molar-refractivity contribution in [3.8, 4) is 5.75 Å². The number of methoxy groups -OCH3 is 1. The number of rotatable bonds is 4. The minimum Gasteiger partial charge on any atom is -0.495 e. The quantitative estimate of drug-likeness (QED) is 0.683. The summed E-state index contributed by atoms with van der Waals surface area (Å²) in [5.41, 5.74) is 8.48. The van der Waals surface area contributed by atoms with E-state index in [1.54, 1.807) is 36.3 Å². The molecular formula is C20H19N3O2. The highest BCUT2D eigenvalue weighted by molar-refractivity contribution is 6.07. The van der Waals surface area contributed by atoms with Gasteiger partial charge in [-0.1, -0.05) is 30.3 Å². The van der Waals surface area contributed by atoms with Crippen molar-refractivity contribution in [2.75, 3.05) is 23.1 Å². The Hall–Kier alpha value is -3.47. The van der Waals surface area contributed by atoms with E-state index in [0.29, 0.717) is 22.8 Å². The standard InChI is InChI=1S/C20H19N3O2/c1-25-19-10-6-5-9-18(19)22-20(24)23(16-7-3-2-4-8-16)17-13-11-15(21)12-14-17/h2-14H,21H2,1H3,(H,22,24). The van der Waals surface area contributed by atoms with Crippen molar-refractivity contribution in [3.05, 3.63) is 78.9 Å². The number of urea groups is 1. The van der Waals surface area contributed by atoms with Crippen LogP contribution in [0.4, 0.5) is 27.5 Å². The molecule has 0 atom stereocenters. The molecule has 0 aliphatic rings. The number of amides is 2. The topological polar surface area (TPSA) is 67.6 Å². The second-order valence-corrected chi connectivity index (χ2v) is 5.39. The van der Waals surface area contributed by atoms with E-state index in [-0.39, 0.29) is 6.03 Å². The molecule has 5 heteroatoms. The predicted molar refractivity (Wildman–Crippen MR) is 101 cm³/mol. The van der Waals surface area contributed by atoms with Crippen LogP contribution < -0.4 is 20.7 Å². The number of hydrogen-bond acceptors (Lipinski definition) is 3. The molecule has 0 fully saturated rings. The van der Waals surface area contributed by atoms with Gasteiger partial charge in [0.25, 0.3) is 0 Å². The summed E-state index contributed by atoms with van der Waals surface area (Å²) in [6.07, 6.45) is 0. The van der Waals surface area contributed by atoms with E-state index in [1.165, 1.54) is 0 Å². The second-order valence-electron chi connectivity index (χ2n) is 5.39. The Morgan fingerprint density at radius 3 is 2.16 bits per heavy atom. The van der Waals surface area contributed by atoms with Crippen LogP contribution in [0.25, 0.3) is 0 Å². The molecule has 25 heavy (non-hydrogen) atoms. The average molecular weight is 333 g/mol. The van der Waals surface area contributed by atoms with Gasteiger partial charge in [-0.3, -0.25) is 4.90 Å². The van der Waals surface area contributed by atoms with Crippen molar-refractivity contribution in [2.24, 2.45) is 0 Å². The molecule has 0 radical (unpaired) electrons. The lowest BCUT2D eigenvalue weighted by Gasteiger charge is -2.24. The molecule has 3 aromatic carbocycles. The molecule has 0 aliphatic carbocycles. The highest BCUT2D eigenvalue weighted by Crippen LogP contribution is 2.29. The number of nitrogen functional groups attached to an aromatic ring is 1. The molecule has 0 saturated heterocycles. The number of benzene rings is 3. The van der Waals surface area contributed by atoms with Crippen LogP contribution in [0.2, 0.25) is 0 Å². The van der Waals surface area contributed by atoms with Gasteiger partial charge in [-0.05, 0) is 48.5 Å². The molecule has 0 spiro atoms. The van der Waals surface area contributed by atoms with Gasteiger partial charge < -0.3 is 15.8 Å². The van der Waals surface area contributed by atoms with Crippen molar-refractivity contribution in [3.63, 3.8) is 0 Å². The van der Waals surface area contributed by atoms with Crippen LogP contribution >= 0.6 is 0 Å². The van der Waals surface area contributed by atoms with Gasteiger partial charge in [-0.15, -0.1) is 0 Å². The third-order valence-electron chi connectivity index (χ3n) is 3.72. The van der Waals surface area contributed by atoms with E-state index in [9.17, 15) is 4.79 Å². The van der Waals surface area contributed by atoms with Gasteiger partial charge in [-0.25, -0.2) is 4.79 Å². The Morgan fingerprint density at radius 2 is 1.48 bits per heavy atom. The Labute approximate surface area is 146 Å². The number of anilines is 4. The predicted octanol–water partition coefficient (Wildman–Crippen LogP) is 4.65. The molecule has 0 saturated carbocycles. The molecule has 0 bridgehead atoms.